The minimum atomic E-state index is -0.0997. The highest BCUT2D eigenvalue weighted by Gasteiger charge is 2.13. The van der Waals surface area contributed by atoms with Crippen LogP contribution >= 0.6 is 23.2 Å². The molecule has 2 rings (SSSR count). The van der Waals surface area contributed by atoms with Gasteiger partial charge in [-0.05, 0) is 36.8 Å². The molecule has 0 N–H and O–H groups in total. The van der Waals surface area contributed by atoms with Crippen molar-refractivity contribution in [3.8, 4) is 0 Å². The van der Waals surface area contributed by atoms with Crippen molar-refractivity contribution in [1.29, 1.82) is 0 Å². The lowest BCUT2D eigenvalue weighted by molar-refractivity contribution is 0.0785. The molecule has 0 aliphatic heterocycles. The van der Waals surface area contributed by atoms with E-state index in [0.717, 1.165) is 11.3 Å². The first-order valence-corrected chi connectivity index (χ1v) is 6.85. The molecule has 0 fully saturated rings. The Hall–Kier alpha value is -1.58. The standard InChI is InChI=1S/C15H14Cl2N2O/c1-10-6-12(8-14(17)18-10)15(20)19(2)9-11-4-3-5-13(16)7-11/h3-8H,9H2,1-2H3. The molecule has 0 saturated carbocycles. The molecule has 104 valence electrons. The molecule has 1 amide bonds. The van der Waals surface area contributed by atoms with Crippen molar-refractivity contribution in [2.45, 2.75) is 13.5 Å². The van der Waals surface area contributed by atoms with E-state index in [9.17, 15) is 4.79 Å². The van der Waals surface area contributed by atoms with Crippen molar-refractivity contribution < 1.29 is 4.79 Å². The van der Waals surface area contributed by atoms with E-state index in [2.05, 4.69) is 4.98 Å². The fraction of sp³-hybridized carbons (Fsp3) is 0.200. The molecule has 0 spiro atoms. The van der Waals surface area contributed by atoms with Gasteiger partial charge in [0, 0.05) is 29.9 Å². The Morgan fingerprint density at radius 1 is 1.25 bits per heavy atom. The molecule has 0 atom stereocenters. The average Bonchev–Trinajstić information content (AvgIpc) is 2.36. The normalized spacial score (nSPS) is 10.4. The summed E-state index contributed by atoms with van der Waals surface area (Å²) < 4.78 is 0. The lowest BCUT2D eigenvalue weighted by Gasteiger charge is -2.17. The van der Waals surface area contributed by atoms with Crippen LogP contribution in [-0.2, 0) is 6.54 Å². The van der Waals surface area contributed by atoms with Crippen LogP contribution in [0.15, 0.2) is 36.4 Å². The van der Waals surface area contributed by atoms with Gasteiger partial charge >= 0.3 is 0 Å². The molecule has 0 bridgehead atoms. The fourth-order valence-electron chi connectivity index (χ4n) is 1.95. The summed E-state index contributed by atoms with van der Waals surface area (Å²) in [6, 6.07) is 10.7. The number of hydrogen-bond acceptors (Lipinski definition) is 2. The van der Waals surface area contributed by atoms with Gasteiger partial charge in [0.15, 0.2) is 0 Å². The molecule has 5 heteroatoms. The van der Waals surface area contributed by atoms with Crippen LogP contribution in [0.3, 0.4) is 0 Å². The maximum atomic E-state index is 12.3. The van der Waals surface area contributed by atoms with Gasteiger partial charge in [-0.3, -0.25) is 4.79 Å². The van der Waals surface area contributed by atoms with Gasteiger partial charge in [0.1, 0.15) is 5.15 Å². The quantitative estimate of drug-likeness (QED) is 0.804. The summed E-state index contributed by atoms with van der Waals surface area (Å²) in [6.45, 7) is 2.29. The van der Waals surface area contributed by atoms with Gasteiger partial charge in [0.05, 0.1) is 0 Å². The van der Waals surface area contributed by atoms with Gasteiger partial charge in [-0.25, -0.2) is 4.98 Å². The number of carbonyl (C=O) groups is 1. The highest BCUT2D eigenvalue weighted by Crippen LogP contribution is 2.15. The Morgan fingerprint density at radius 2 is 2.00 bits per heavy atom. The lowest BCUT2D eigenvalue weighted by atomic mass is 10.2. The van der Waals surface area contributed by atoms with E-state index in [4.69, 9.17) is 23.2 Å². The predicted octanol–water partition coefficient (Wildman–Crippen LogP) is 3.97. The van der Waals surface area contributed by atoms with Gasteiger partial charge in [-0.1, -0.05) is 35.3 Å². The zero-order valence-electron chi connectivity index (χ0n) is 11.2. The topological polar surface area (TPSA) is 33.2 Å². The van der Waals surface area contributed by atoms with Crippen molar-refractivity contribution in [1.82, 2.24) is 9.88 Å². The predicted molar refractivity (Wildman–Crippen MR) is 81.2 cm³/mol. The Bertz CT molecular complexity index is 623. The van der Waals surface area contributed by atoms with E-state index in [1.54, 1.807) is 37.1 Å². The highest BCUT2D eigenvalue weighted by atomic mass is 35.5. The molecule has 2 aromatic rings. The van der Waals surface area contributed by atoms with Crippen LogP contribution in [0, 0.1) is 6.92 Å². The number of aromatic nitrogens is 1. The minimum Gasteiger partial charge on any atom is -0.337 e. The van der Waals surface area contributed by atoms with E-state index >= 15 is 0 Å². The zero-order chi connectivity index (χ0) is 14.7. The monoisotopic (exact) mass is 308 g/mol. The van der Waals surface area contributed by atoms with Crippen LogP contribution in [-0.4, -0.2) is 22.8 Å². The number of aryl methyl sites for hydroxylation is 1. The average molecular weight is 309 g/mol. The van der Waals surface area contributed by atoms with Crippen LogP contribution in [0.5, 0.6) is 0 Å². The SMILES string of the molecule is Cc1cc(C(=O)N(C)Cc2cccc(Cl)c2)cc(Cl)n1. The maximum Gasteiger partial charge on any atom is 0.254 e. The van der Waals surface area contributed by atoms with Gasteiger partial charge in [0.25, 0.3) is 5.91 Å². The van der Waals surface area contributed by atoms with E-state index in [1.165, 1.54) is 0 Å². The summed E-state index contributed by atoms with van der Waals surface area (Å²) in [5.41, 5.74) is 2.23. The number of nitrogens with zero attached hydrogens (tertiary/aromatic N) is 2. The highest BCUT2D eigenvalue weighted by molar-refractivity contribution is 6.30. The van der Waals surface area contributed by atoms with Gasteiger partial charge in [-0.2, -0.15) is 0 Å². The number of benzene rings is 1. The molecule has 0 saturated heterocycles. The third-order valence-electron chi connectivity index (χ3n) is 2.82. The summed E-state index contributed by atoms with van der Waals surface area (Å²) in [4.78, 5) is 18.0. The van der Waals surface area contributed by atoms with E-state index in [-0.39, 0.29) is 5.91 Å². The second-order valence-electron chi connectivity index (χ2n) is 4.61. The van der Waals surface area contributed by atoms with Crippen LogP contribution in [0.2, 0.25) is 10.2 Å². The smallest absolute Gasteiger partial charge is 0.254 e. The van der Waals surface area contributed by atoms with E-state index in [1.807, 2.05) is 18.2 Å². The van der Waals surface area contributed by atoms with E-state index < -0.39 is 0 Å². The van der Waals surface area contributed by atoms with Crippen molar-refractivity contribution in [3.63, 3.8) is 0 Å². The molecule has 20 heavy (non-hydrogen) atoms. The molecular formula is C15H14Cl2N2O. The fourth-order valence-corrected chi connectivity index (χ4v) is 2.42. The van der Waals surface area contributed by atoms with Crippen molar-refractivity contribution in [2.75, 3.05) is 7.05 Å². The van der Waals surface area contributed by atoms with Gasteiger partial charge < -0.3 is 4.90 Å². The molecule has 0 aliphatic rings. The summed E-state index contributed by atoms with van der Waals surface area (Å²) in [6.07, 6.45) is 0. The largest absolute Gasteiger partial charge is 0.337 e. The molecular weight excluding hydrogens is 295 g/mol. The first kappa shape index (κ1) is 14.8. The van der Waals surface area contributed by atoms with Crippen molar-refractivity contribution >= 4 is 29.1 Å². The Morgan fingerprint density at radius 3 is 2.65 bits per heavy atom. The second-order valence-corrected chi connectivity index (χ2v) is 5.43. The number of amides is 1. The number of halogens is 2. The molecule has 1 aromatic heterocycles. The number of carbonyl (C=O) groups excluding carboxylic acids is 1. The molecule has 1 aromatic carbocycles. The van der Waals surface area contributed by atoms with Crippen LogP contribution < -0.4 is 0 Å². The van der Waals surface area contributed by atoms with Crippen LogP contribution in [0.1, 0.15) is 21.6 Å². The number of rotatable bonds is 3. The summed E-state index contributed by atoms with van der Waals surface area (Å²) in [5.74, 6) is -0.0997. The summed E-state index contributed by atoms with van der Waals surface area (Å²) in [7, 11) is 1.74. The molecule has 0 aliphatic carbocycles. The third kappa shape index (κ3) is 3.71. The number of pyridine rings is 1. The summed E-state index contributed by atoms with van der Waals surface area (Å²) in [5, 5.41) is 0.982. The van der Waals surface area contributed by atoms with E-state index in [0.29, 0.717) is 22.3 Å². The molecule has 0 unspecified atom stereocenters. The maximum absolute atomic E-state index is 12.3. The first-order chi connectivity index (χ1) is 9.45. The molecule has 1 heterocycles. The van der Waals surface area contributed by atoms with Gasteiger partial charge in [-0.15, -0.1) is 0 Å². The first-order valence-electron chi connectivity index (χ1n) is 6.10. The van der Waals surface area contributed by atoms with Crippen LogP contribution in [0.4, 0.5) is 0 Å². The van der Waals surface area contributed by atoms with Crippen molar-refractivity contribution in [3.05, 3.63) is 63.4 Å². The molecule has 0 radical (unpaired) electrons. The minimum absolute atomic E-state index is 0.0997. The third-order valence-corrected chi connectivity index (χ3v) is 3.25. The lowest BCUT2D eigenvalue weighted by Crippen LogP contribution is -2.26. The zero-order valence-corrected chi connectivity index (χ0v) is 12.7. The molecule has 3 nitrogen and oxygen atoms in total. The Balaban J connectivity index is 2.16. The Labute approximate surface area is 128 Å². The Kier molecular flexibility index (Phi) is 4.63. The number of hydrogen-bond donors (Lipinski definition) is 0. The van der Waals surface area contributed by atoms with Gasteiger partial charge in [0.2, 0.25) is 0 Å². The summed E-state index contributed by atoms with van der Waals surface area (Å²) >= 11 is 11.8. The second kappa shape index (κ2) is 6.25. The van der Waals surface area contributed by atoms with Crippen LogP contribution in [0.25, 0.3) is 0 Å². The van der Waals surface area contributed by atoms with Crippen molar-refractivity contribution in [2.24, 2.45) is 0 Å².